The Morgan fingerprint density at radius 3 is 2.52 bits per heavy atom. The lowest BCUT2D eigenvalue weighted by atomic mass is 10.2. The van der Waals surface area contributed by atoms with Gasteiger partial charge in [-0.3, -0.25) is 4.79 Å². The highest BCUT2D eigenvalue weighted by molar-refractivity contribution is 5.94. The number of nitrogens with zero attached hydrogens (tertiary/aromatic N) is 2. The molecule has 0 saturated carbocycles. The lowest BCUT2D eigenvalue weighted by Gasteiger charge is -2.10. The molecule has 0 aliphatic carbocycles. The van der Waals surface area contributed by atoms with Crippen LogP contribution in [0.2, 0.25) is 0 Å². The van der Waals surface area contributed by atoms with Crippen LogP contribution in [0.5, 0.6) is 0 Å². The first-order chi connectivity index (χ1) is 11.9. The van der Waals surface area contributed by atoms with Gasteiger partial charge in [-0.25, -0.2) is 4.98 Å². The van der Waals surface area contributed by atoms with Crippen LogP contribution < -0.4 is 16.0 Å². The Labute approximate surface area is 141 Å². The minimum atomic E-state index is -4.34. The predicted octanol–water partition coefficient (Wildman–Crippen LogP) is 1.92. The number of aliphatic hydroxyl groups is 1. The molecule has 10 heteroatoms. The summed E-state index contributed by atoms with van der Waals surface area (Å²) in [6, 6.07) is 7.65. The van der Waals surface area contributed by atoms with Crippen molar-refractivity contribution >= 4 is 23.4 Å². The summed E-state index contributed by atoms with van der Waals surface area (Å²) in [7, 11) is 0. The van der Waals surface area contributed by atoms with Crippen LogP contribution in [0, 0.1) is 0 Å². The molecule has 134 valence electrons. The topological polar surface area (TPSA) is 99.2 Å². The highest BCUT2D eigenvalue weighted by atomic mass is 19.4. The van der Waals surface area contributed by atoms with Gasteiger partial charge in [-0.1, -0.05) is 0 Å². The number of aliphatic hydroxyl groups excluding tert-OH is 1. The van der Waals surface area contributed by atoms with Crippen LogP contribution in [0.1, 0.15) is 10.4 Å². The number of rotatable bonds is 7. The van der Waals surface area contributed by atoms with Crippen LogP contribution in [0.25, 0.3) is 0 Å². The highest BCUT2D eigenvalue weighted by Gasteiger charge is 2.26. The van der Waals surface area contributed by atoms with E-state index in [2.05, 4.69) is 25.9 Å². The Balaban J connectivity index is 1.98. The Morgan fingerprint density at radius 1 is 1.16 bits per heavy atom. The fourth-order valence-corrected chi connectivity index (χ4v) is 1.81. The Morgan fingerprint density at radius 2 is 1.88 bits per heavy atom. The molecule has 1 heterocycles. The first-order valence-corrected chi connectivity index (χ1v) is 7.27. The minimum absolute atomic E-state index is 0.0369. The second-order valence-electron chi connectivity index (χ2n) is 4.92. The quantitative estimate of drug-likeness (QED) is 0.606. The first kappa shape index (κ1) is 18.5. The van der Waals surface area contributed by atoms with E-state index in [0.717, 1.165) is 0 Å². The van der Waals surface area contributed by atoms with Gasteiger partial charge in [-0.15, -0.1) is 0 Å². The molecule has 4 N–H and O–H groups in total. The second-order valence-corrected chi connectivity index (χ2v) is 4.92. The van der Waals surface area contributed by atoms with Crippen LogP contribution in [0.4, 0.5) is 30.6 Å². The van der Waals surface area contributed by atoms with Gasteiger partial charge in [0.25, 0.3) is 5.91 Å². The maximum absolute atomic E-state index is 12.2. The number of amides is 1. The first-order valence-electron chi connectivity index (χ1n) is 7.27. The monoisotopic (exact) mass is 355 g/mol. The minimum Gasteiger partial charge on any atom is -0.395 e. The Bertz CT molecular complexity index is 707. The van der Waals surface area contributed by atoms with Gasteiger partial charge in [0.05, 0.1) is 6.61 Å². The average molecular weight is 355 g/mol. The van der Waals surface area contributed by atoms with Crippen molar-refractivity contribution in [3.05, 3.63) is 42.1 Å². The predicted molar refractivity (Wildman–Crippen MR) is 85.7 cm³/mol. The Hall–Kier alpha value is -2.88. The molecular formula is C15H16F3N5O2. The van der Waals surface area contributed by atoms with Crippen molar-refractivity contribution < 1.29 is 23.1 Å². The van der Waals surface area contributed by atoms with Gasteiger partial charge < -0.3 is 21.1 Å². The zero-order valence-corrected chi connectivity index (χ0v) is 13.0. The molecule has 1 aromatic heterocycles. The van der Waals surface area contributed by atoms with Gasteiger partial charge in [0, 0.05) is 24.0 Å². The summed E-state index contributed by atoms with van der Waals surface area (Å²) >= 11 is 0. The highest BCUT2D eigenvalue weighted by Crippen LogP contribution is 2.17. The van der Waals surface area contributed by atoms with Crippen LogP contribution in [-0.4, -0.2) is 46.9 Å². The lowest BCUT2D eigenvalue weighted by Crippen LogP contribution is -2.26. The number of carbonyl (C=O) groups is 1. The molecule has 25 heavy (non-hydrogen) atoms. The zero-order valence-electron chi connectivity index (χ0n) is 13.0. The van der Waals surface area contributed by atoms with E-state index in [-0.39, 0.29) is 30.8 Å². The average Bonchev–Trinajstić information content (AvgIpc) is 2.58. The Kier molecular flexibility index (Phi) is 6.12. The molecule has 7 nitrogen and oxygen atoms in total. The van der Waals surface area contributed by atoms with Gasteiger partial charge in [0.2, 0.25) is 5.95 Å². The molecule has 0 aliphatic heterocycles. The van der Waals surface area contributed by atoms with Crippen LogP contribution in [-0.2, 0) is 0 Å². The van der Waals surface area contributed by atoms with E-state index in [1.807, 2.05) is 0 Å². The summed E-state index contributed by atoms with van der Waals surface area (Å²) in [5.41, 5.74) is 0.965. The molecule has 2 aromatic rings. The number of aromatic nitrogens is 2. The molecule has 2 rings (SSSR count). The number of anilines is 3. The van der Waals surface area contributed by atoms with Crippen LogP contribution in [0.15, 0.2) is 36.5 Å². The maximum atomic E-state index is 12.2. The summed E-state index contributed by atoms with van der Waals surface area (Å²) in [4.78, 5) is 19.6. The third kappa shape index (κ3) is 6.26. The third-order valence-electron chi connectivity index (χ3n) is 2.93. The number of benzene rings is 1. The zero-order chi connectivity index (χ0) is 18.3. The van der Waals surface area contributed by atoms with E-state index in [0.29, 0.717) is 11.3 Å². The van der Waals surface area contributed by atoms with Crippen molar-refractivity contribution in [1.82, 2.24) is 15.3 Å². The molecule has 0 bridgehead atoms. The van der Waals surface area contributed by atoms with E-state index in [1.54, 1.807) is 24.3 Å². The number of hydrogen-bond donors (Lipinski definition) is 4. The lowest BCUT2D eigenvalue weighted by molar-refractivity contribution is -0.115. The van der Waals surface area contributed by atoms with Gasteiger partial charge >= 0.3 is 6.18 Å². The SMILES string of the molecule is O=C(NCCO)c1ccc(Nc2nccc(NCC(F)(F)F)n2)cc1. The molecule has 1 amide bonds. The molecule has 0 radical (unpaired) electrons. The normalized spacial score (nSPS) is 11.0. The fourth-order valence-electron chi connectivity index (χ4n) is 1.81. The largest absolute Gasteiger partial charge is 0.405 e. The molecule has 0 aliphatic rings. The third-order valence-corrected chi connectivity index (χ3v) is 2.93. The summed E-state index contributed by atoms with van der Waals surface area (Å²) < 4.78 is 36.6. The number of halogens is 3. The molecule has 0 saturated heterocycles. The fraction of sp³-hybridized carbons (Fsp3) is 0.267. The van der Waals surface area contributed by atoms with Crippen molar-refractivity contribution in [2.75, 3.05) is 30.3 Å². The number of hydrogen-bond acceptors (Lipinski definition) is 6. The van der Waals surface area contributed by atoms with Crippen LogP contribution >= 0.6 is 0 Å². The van der Waals surface area contributed by atoms with Gasteiger partial charge in [-0.2, -0.15) is 18.2 Å². The summed E-state index contributed by atoms with van der Waals surface area (Å²) in [6.45, 7) is -1.19. The number of carbonyl (C=O) groups excluding carboxylic acids is 1. The van der Waals surface area contributed by atoms with E-state index in [4.69, 9.17) is 5.11 Å². The van der Waals surface area contributed by atoms with E-state index < -0.39 is 12.7 Å². The van der Waals surface area contributed by atoms with Gasteiger partial charge in [-0.05, 0) is 30.3 Å². The number of nitrogens with one attached hydrogen (secondary N) is 3. The molecule has 0 atom stereocenters. The van der Waals surface area contributed by atoms with E-state index in [9.17, 15) is 18.0 Å². The summed E-state index contributed by atoms with van der Waals surface area (Å²) in [5.74, 6) is -0.172. The smallest absolute Gasteiger partial charge is 0.395 e. The van der Waals surface area contributed by atoms with Crippen molar-refractivity contribution in [2.24, 2.45) is 0 Å². The molecular weight excluding hydrogens is 339 g/mol. The van der Waals surface area contributed by atoms with Crippen molar-refractivity contribution in [3.8, 4) is 0 Å². The standard InChI is InChI=1S/C15H16F3N5O2/c16-15(17,18)9-21-12-5-6-20-14(23-12)22-11-3-1-10(2-4-11)13(25)19-7-8-24/h1-6,24H,7-9H2,(H,19,25)(H2,20,21,22,23). The van der Waals surface area contributed by atoms with E-state index >= 15 is 0 Å². The van der Waals surface area contributed by atoms with Crippen LogP contribution in [0.3, 0.4) is 0 Å². The molecule has 0 spiro atoms. The second kappa shape index (κ2) is 8.29. The van der Waals surface area contributed by atoms with E-state index in [1.165, 1.54) is 12.3 Å². The summed E-state index contributed by atoms with van der Waals surface area (Å²) in [5, 5.41) is 16.2. The molecule has 0 unspecified atom stereocenters. The van der Waals surface area contributed by atoms with Crippen molar-refractivity contribution in [2.45, 2.75) is 6.18 Å². The maximum Gasteiger partial charge on any atom is 0.405 e. The van der Waals surface area contributed by atoms with Gasteiger partial charge in [0.1, 0.15) is 12.4 Å². The van der Waals surface area contributed by atoms with Gasteiger partial charge in [0.15, 0.2) is 0 Å². The number of alkyl halides is 3. The van der Waals surface area contributed by atoms with Crippen molar-refractivity contribution in [1.29, 1.82) is 0 Å². The molecule has 0 fully saturated rings. The summed E-state index contributed by atoms with van der Waals surface area (Å²) in [6.07, 6.45) is -3.02. The van der Waals surface area contributed by atoms with Crippen molar-refractivity contribution in [3.63, 3.8) is 0 Å². The molecule has 1 aromatic carbocycles.